The third-order valence-electron chi connectivity index (χ3n) is 6.00. The van der Waals surface area contributed by atoms with Crippen LogP contribution in [0.15, 0.2) is 109 Å². The number of hydrogen-bond donors (Lipinski definition) is 0. The van der Waals surface area contributed by atoms with Crippen molar-refractivity contribution >= 4 is 28.1 Å². The van der Waals surface area contributed by atoms with E-state index in [1.807, 2.05) is 12.2 Å². The van der Waals surface area contributed by atoms with Crippen LogP contribution in [0.25, 0.3) is 11.1 Å². The molecule has 0 aromatic heterocycles. The fraction of sp³-hybridized carbons (Fsp3) is 0.121. The molecular formula is C33H30Cl2Hf. The van der Waals surface area contributed by atoms with E-state index >= 15 is 0 Å². The molecule has 0 heterocycles. The minimum atomic E-state index is 0. The Labute approximate surface area is 243 Å². The van der Waals surface area contributed by atoms with Gasteiger partial charge in [-0.1, -0.05) is 49.2 Å². The summed E-state index contributed by atoms with van der Waals surface area (Å²) in [4.78, 5) is 0. The van der Waals surface area contributed by atoms with Crippen molar-refractivity contribution in [2.75, 3.05) is 0 Å². The van der Waals surface area contributed by atoms with Crippen LogP contribution in [0, 0.1) is 26.0 Å². The molecule has 0 atom stereocenters. The second-order valence-electron chi connectivity index (χ2n) is 8.41. The van der Waals surface area contributed by atoms with Gasteiger partial charge >= 0.3 is 98.9 Å². The van der Waals surface area contributed by atoms with Crippen molar-refractivity contribution in [2.24, 2.45) is 0 Å². The Hall–Kier alpha value is -2.32. The van der Waals surface area contributed by atoms with Crippen LogP contribution < -0.4 is 0 Å². The summed E-state index contributed by atoms with van der Waals surface area (Å²) in [5.41, 5.74) is 10.9. The summed E-state index contributed by atoms with van der Waals surface area (Å²) in [5, 5.41) is 0. The first-order chi connectivity index (χ1) is 16.6. The van der Waals surface area contributed by atoms with Gasteiger partial charge < -0.3 is 0 Å². The fourth-order valence-electron chi connectivity index (χ4n) is 4.03. The van der Waals surface area contributed by atoms with E-state index in [4.69, 9.17) is 0 Å². The maximum atomic E-state index is 3.50. The molecule has 4 aromatic rings. The number of rotatable bonds is 2. The van der Waals surface area contributed by atoms with Crippen LogP contribution in [-0.4, -0.2) is 3.26 Å². The van der Waals surface area contributed by atoms with Crippen LogP contribution >= 0.6 is 24.8 Å². The van der Waals surface area contributed by atoms with Gasteiger partial charge in [0.25, 0.3) is 0 Å². The van der Waals surface area contributed by atoms with Crippen LogP contribution in [0.4, 0.5) is 0 Å². The minimum absolute atomic E-state index is 0. The van der Waals surface area contributed by atoms with E-state index in [2.05, 4.69) is 123 Å². The molecule has 0 fully saturated rings. The molecule has 180 valence electrons. The molecule has 0 radical (unpaired) electrons. The van der Waals surface area contributed by atoms with Crippen LogP contribution in [-0.2, 0) is 30.3 Å². The summed E-state index contributed by atoms with van der Waals surface area (Å²) < 4.78 is 1.46. The molecule has 2 aliphatic carbocycles. The second kappa shape index (κ2) is 15.1. The predicted octanol–water partition coefficient (Wildman–Crippen LogP) is 8.63. The number of fused-ring (bicyclic) bond motifs is 3. The molecule has 6 rings (SSSR count). The SMILES string of the molecule is Cc1[c-]c2c(cc1C)-c1ccccc1C2.Cl.Cl.[C-]1=CC=CC1.[Hf+2]=[C](c1ccccc1)c1ccccc1. The van der Waals surface area contributed by atoms with Crippen molar-refractivity contribution in [1.82, 2.24) is 0 Å². The van der Waals surface area contributed by atoms with Crippen molar-refractivity contribution < 1.29 is 23.9 Å². The standard InChI is InChI=1S/C15H13.C13H10.C5H5.2ClH.Hf/c1-10-7-13-9-12-5-3-4-6-14(12)15(13)8-11(10)2;1-3-7-12(8-4-1)11-13-9-5-2-6-10-13;1-2-4-5-3-1;;;/h3-6,8H,9H2,1-2H3;1-10H;1-3H,4H2;2*1H;/q-1;;-1;;;+2. The van der Waals surface area contributed by atoms with Crippen molar-refractivity contribution in [3.63, 3.8) is 0 Å². The zero-order chi connectivity index (χ0) is 23.8. The van der Waals surface area contributed by atoms with E-state index in [-0.39, 0.29) is 24.8 Å². The van der Waals surface area contributed by atoms with Gasteiger partial charge in [0, 0.05) is 0 Å². The normalized spacial score (nSPS) is 11.4. The van der Waals surface area contributed by atoms with Crippen LogP contribution in [0.1, 0.15) is 39.8 Å². The van der Waals surface area contributed by atoms with Gasteiger partial charge in [-0.2, -0.15) is 29.3 Å². The molecule has 2 aliphatic rings. The van der Waals surface area contributed by atoms with Gasteiger partial charge in [-0.05, 0) is 6.42 Å². The van der Waals surface area contributed by atoms with Crippen LogP contribution in [0.3, 0.4) is 0 Å². The quantitative estimate of drug-likeness (QED) is 0.130. The van der Waals surface area contributed by atoms with E-state index in [1.54, 1.807) is 0 Å². The Morgan fingerprint density at radius 1 is 0.750 bits per heavy atom. The van der Waals surface area contributed by atoms with E-state index in [0.717, 1.165) is 36.7 Å². The molecule has 0 bridgehead atoms. The third-order valence-corrected chi connectivity index (χ3v) is 8.08. The number of benzene rings is 4. The molecule has 0 amide bonds. The first-order valence-electron chi connectivity index (χ1n) is 11.7. The molecule has 4 aromatic carbocycles. The predicted molar refractivity (Wildman–Crippen MR) is 155 cm³/mol. The maximum absolute atomic E-state index is 3.50. The van der Waals surface area contributed by atoms with Crippen LogP contribution in [0.5, 0.6) is 0 Å². The van der Waals surface area contributed by atoms with Gasteiger partial charge in [-0.15, -0.1) is 42.4 Å². The van der Waals surface area contributed by atoms with Gasteiger partial charge in [-0.25, -0.2) is 12.2 Å². The van der Waals surface area contributed by atoms with E-state index < -0.39 is 0 Å². The summed E-state index contributed by atoms with van der Waals surface area (Å²) in [6, 6.07) is 35.7. The average molecular weight is 676 g/mol. The fourth-order valence-corrected chi connectivity index (χ4v) is 5.23. The van der Waals surface area contributed by atoms with Crippen molar-refractivity contribution in [2.45, 2.75) is 26.7 Å². The number of halogens is 2. The van der Waals surface area contributed by atoms with Gasteiger partial charge in [0.2, 0.25) is 0 Å². The van der Waals surface area contributed by atoms with Gasteiger partial charge in [0.15, 0.2) is 0 Å². The Kier molecular flexibility index (Phi) is 12.5. The molecule has 36 heavy (non-hydrogen) atoms. The monoisotopic (exact) mass is 676 g/mol. The molecular weight excluding hydrogens is 646 g/mol. The second-order valence-corrected chi connectivity index (χ2v) is 10.2. The van der Waals surface area contributed by atoms with Crippen molar-refractivity contribution in [1.29, 1.82) is 0 Å². The number of aryl methyl sites for hydroxylation is 2. The Morgan fingerprint density at radius 3 is 1.86 bits per heavy atom. The Bertz CT molecular complexity index is 1270. The van der Waals surface area contributed by atoms with Crippen molar-refractivity contribution in [3.8, 4) is 11.1 Å². The summed E-state index contributed by atoms with van der Waals surface area (Å²) in [6.45, 7) is 4.30. The number of hydrogen-bond acceptors (Lipinski definition) is 0. The summed E-state index contributed by atoms with van der Waals surface area (Å²) in [7, 11) is 0. The molecule has 0 nitrogen and oxygen atoms in total. The molecule has 0 aliphatic heterocycles. The summed E-state index contributed by atoms with van der Waals surface area (Å²) in [6.07, 6.45) is 11.0. The van der Waals surface area contributed by atoms with Crippen molar-refractivity contribution in [3.05, 3.63) is 155 Å². The third kappa shape index (κ3) is 7.84. The van der Waals surface area contributed by atoms with E-state index in [9.17, 15) is 0 Å². The molecule has 0 saturated heterocycles. The van der Waals surface area contributed by atoms with E-state index in [0.29, 0.717) is 0 Å². The molecule has 0 saturated carbocycles. The van der Waals surface area contributed by atoms with E-state index in [1.165, 1.54) is 47.8 Å². The zero-order valence-corrected chi connectivity index (χ0v) is 25.8. The average Bonchev–Trinajstić information content (AvgIpc) is 3.58. The molecule has 0 spiro atoms. The molecule has 0 unspecified atom stereocenters. The summed E-state index contributed by atoms with van der Waals surface area (Å²) >= 11 is 1.08. The topological polar surface area (TPSA) is 0 Å². The first kappa shape index (κ1) is 29.9. The molecule has 3 heteroatoms. The van der Waals surface area contributed by atoms with Gasteiger partial charge in [0.05, 0.1) is 0 Å². The van der Waals surface area contributed by atoms with Crippen LogP contribution in [0.2, 0.25) is 0 Å². The number of allylic oxidation sites excluding steroid dienone is 4. The Morgan fingerprint density at radius 2 is 1.33 bits per heavy atom. The first-order valence-corrected chi connectivity index (χ1v) is 13.4. The van der Waals surface area contributed by atoms with Gasteiger partial charge in [0.1, 0.15) is 0 Å². The Balaban J connectivity index is 0.000000204. The zero-order valence-electron chi connectivity index (χ0n) is 20.6. The molecule has 0 N–H and O–H groups in total. The van der Waals surface area contributed by atoms with Gasteiger partial charge in [-0.3, -0.25) is 6.08 Å². The summed E-state index contributed by atoms with van der Waals surface area (Å²) in [5.74, 6) is 0.